The molecule has 32 heavy (non-hydrogen) atoms. The number of hydrogen-bond acceptors (Lipinski definition) is 9. The molecule has 1 aromatic heterocycles. The number of halogens is 1. The first-order chi connectivity index (χ1) is 15.5. The zero-order chi connectivity index (χ0) is 22.8. The maximum absolute atomic E-state index is 11.9. The average molecular weight is 506 g/mol. The van der Waals surface area contributed by atoms with Gasteiger partial charge in [-0.15, -0.1) is 10.2 Å². The van der Waals surface area contributed by atoms with Crippen LogP contribution in [0.1, 0.15) is 11.1 Å². The van der Waals surface area contributed by atoms with Crippen LogP contribution in [0.2, 0.25) is 5.02 Å². The number of nitro benzene ring substituents is 1. The smallest absolute Gasteiger partial charge is 0.272 e. The van der Waals surface area contributed by atoms with Crippen molar-refractivity contribution in [2.45, 2.75) is 14.4 Å². The Kier molecular flexibility index (Phi) is 9.23. The largest absolute Gasteiger partial charge is 0.276 e. The lowest BCUT2D eigenvalue weighted by molar-refractivity contribution is -0.385. The van der Waals surface area contributed by atoms with Crippen LogP contribution >= 0.6 is 46.5 Å². The van der Waals surface area contributed by atoms with Gasteiger partial charge >= 0.3 is 0 Å². The highest BCUT2D eigenvalue weighted by Gasteiger charge is 2.10. The second-order valence-corrected chi connectivity index (χ2v) is 9.82. The molecule has 1 heterocycles. The first kappa shape index (κ1) is 23.9. The van der Waals surface area contributed by atoms with Crippen LogP contribution in [0.25, 0.3) is 6.08 Å². The summed E-state index contributed by atoms with van der Waals surface area (Å²) in [4.78, 5) is 22.4. The van der Waals surface area contributed by atoms with Crippen LogP contribution in [0.3, 0.4) is 0 Å². The molecule has 1 amide bonds. The third kappa shape index (κ3) is 7.45. The lowest BCUT2D eigenvalue weighted by Crippen LogP contribution is -2.19. The predicted octanol–water partition coefficient (Wildman–Crippen LogP) is 5.30. The van der Waals surface area contributed by atoms with Gasteiger partial charge in [0, 0.05) is 23.1 Å². The van der Waals surface area contributed by atoms with E-state index < -0.39 is 4.92 Å². The number of nitrogens with zero attached hydrogens (tertiary/aromatic N) is 4. The van der Waals surface area contributed by atoms with Crippen molar-refractivity contribution in [3.63, 3.8) is 0 Å². The van der Waals surface area contributed by atoms with Crippen LogP contribution in [-0.4, -0.2) is 33.0 Å². The molecule has 1 N–H and O–H groups in total. The number of benzene rings is 2. The van der Waals surface area contributed by atoms with Crippen molar-refractivity contribution in [1.29, 1.82) is 0 Å². The molecule has 8 nitrogen and oxygen atoms in total. The van der Waals surface area contributed by atoms with Crippen LogP contribution in [0, 0.1) is 10.1 Å². The maximum atomic E-state index is 11.9. The van der Waals surface area contributed by atoms with Gasteiger partial charge in [0.1, 0.15) is 0 Å². The van der Waals surface area contributed by atoms with E-state index in [0.717, 1.165) is 9.90 Å². The van der Waals surface area contributed by atoms with Gasteiger partial charge in [0.05, 0.1) is 16.2 Å². The molecule has 0 saturated carbocycles. The Morgan fingerprint density at radius 2 is 1.88 bits per heavy atom. The molecule has 3 aromatic rings. The van der Waals surface area contributed by atoms with E-state index in [-0.39, 0.29) is 17.3 Å². The van der Waals surface area contributed by atoms with Crippen LogP contribution in [0.5, 0.6) is 0 Å². The topological polar surface area (TPSA) is 110 Å². The van der Waals surface area contributed by atoms with Gasteiger partial charge in [-0.1, -0.05) is 76.8 Å². The summed E-state index contributed by atoms with van der Waals surface area (Å²) in [5.74, 6) is 0.522. The lowest BCUT2D eigenvalue weighted by Gasteiger charge is -2.00. The molecule has 3 rings (SSSR count). The number of para-hydroxylation sites is 1. The van der Waals surface area contributed by atoms with Crippen LogP contribution in [0.15, 0.2) is 68.4 Å². The number of hydrogen-bond donors (Lipinski definition) is 1. The molecule has 0 aliphatic carbocycles. The van der Waals surface area contributed by atoms with Gasteiger partial charge in [0.15, 0.2) is 8.68 Å². The van der Waals surface area contributed by atoms with E-state index in [1.807, 2.05) is 24.3 Å². The molecule has 0 aliphatic rings. The van der Waals surface area contributed by atoms with E-state index in [1.165, 1.54) is 53.2 Å². The van der Waals surface area contributed by atoms with E-state index in [2.05, 4.69) is 20.7 Å². The zero-order valence-electron chi connectivity index (χ0n) is 16.4. The van der Waals surface area contributed by atoms with Gasteiger partial charge in [0.2, 0.25) is 0 Å². The minimum Gasteiger partial charge on any atom is -0.272 e. The SMILES string of the molecule is O=C(CSc1nnc(SCc2ccccc2Cl)s1)N/N=C/C=C\c1ccccc1[N+](=O)[O-]. The highest BCUT2D eigenvalue weighted by atomic mass is 35.5. The molecule has 0 bridgehead atoms. The number of thioether (sulfide) groups is 2. The van der Waals surface area contributed by atoms with Gasteiger partial charge in [0.25, 0.3) is 11.6 Å². The summed E-state index contributed by atoms with van der Waals surface area (Å²) >= 11 is 10.4. The molecule has 0 saturated heterocycles. The number of carbonyl (C=O) groups is 1. The molecule has 0 atom stereocenters. The van der Waals surface area contributed by atoms with E-state index in [4.69, 9.17) is 11.6 Å². The van der Waals surface area contributed by atoms with Crippen LogP contribution in [0.4, 0.5) is 5.69 Å². The van der Waals surface area contributed by atoms with Gasteiger partial charge in [-0.25, -0.2) is 5.43 Å². The highest BCUT2D eigenvalue weighted by Crippen LogP contribution is 2.32. The third-order valence-electron chi connectivity index (χ3n) is 3.78. The molecular weight excluding hydrogens is 490 g/mol. The number of rotatable bonds is 10. The van der Waals surface area contributed by atoms with E-state index in [0.29, 0.717) is 20.7 Å². The quantitative estimate of drug-likeness (QED) is 0.172. The minimum atomic E-state index is -0.454. The normalized spacial score (nSPS) is 11.3. The number of hydrazone groups is 1. The third-order valence-corrected chi connectivity index (χ3v) is 7.39. The van der Waals surface area contributed by atoms with Gasteiger partial charge in [-0.05, 0) is 29.8 Å². The molecular formula is C20H16ClN5O3S3. The molecule has 0 radical (unpaired) electrons. The molecule has 0 unspecified atom stereocenters. The van der Waals surface area contributed by atoms with E-state index >= 15 is 0 Å². The fourth-order valence-electron chi connectivity index (χ4n) is 2.32. The van der Waals surface area contributed by atoms with E-state index in [9.17, 15) is 14.9 Å². The first-order valence-electron chi connectivity index (χ1n) is 9.07. The number of aromatic nitrogens is 2. The Bertz CT molecular complexity index is 1150. The van der Waals surface area contributed by atoms with Crippen molar-refractivity contribution in [2.24, 2.45) is 5.10 Å². The second-order valence-electron chi connectivity index (χ2n) is 5.99. The Hall–Kier alpha value is -2.73. The van der Waals surface area contributed by atoms with Gasteiger partial charge < -0.3 is 0 Å². The van der Waals surface area contributed by atoms with Crippen molar-refractivity contribution < 1.29 is 9.72 Å². The Morgan fingerprint density at radius 3 is 2.66 bits per heavy atom. The molecule has 164 valence electrons. The fraction of sp³-hybridized carbons (Fsp3) is 0.100. The highest BCUT2D eigenvalue weighted by molar-refractivity contribution is 8.03. The van der Waals surface area contributed by atoms with Crippen molar-refractivity contribution in [1.82, 2.24) is 15.6 Å². The van der Waals surface area contributed by atoms with Crippen LogP contribution in [-0.2, 0) is 10.5 Å². The first-order valence-corrected chi connectivity index (χ1v) is 12.2. The summed E-state index contributed by atoms with van der Waals surface area (Å²) in [6.45, 7) is 0. The summed E-state index contributed by atoms with van der Waals surface area (Å²) in [5.41, 5.74) is 3.87. The fourth-order valence-corrected chi connectivity index (χ4v) is 5.42. The van der Waals surface area contributed by atoms with Crippen molar-refractivity contribution in [3.8, 4) is 0 Å². The summed E-state index contributed by atoms with van der Waals surface area (Å²) in [7, 11) is 0. The molecule has 2 aromatic carbocycles. The lowest BCUT2D eigenvalue weighted by atomic mass is 10.2. The van der Waals surface area contributed by atoms with Crippen molar-refractivity contribution in [2.75, 3.05) is 5.75 Å². The summed E-state index contributed by atoms with van der Waals surface area (Å²) in [5, 5.41) is 23.7. The van der Waals surface area contributed by atoms with Gasteiger partial charge in [-0.2, -0.15) is 5.10 Å². The zero-order valence-corrected chi connectivity index (χ0v) is 19.6. The monoisotopic (exact) mass is 505 g/mol. The molecule has 12 heteroatoms. The summed E-state index contributed by atoms with van der Waals surface area (Å²) in [6, 6.07) is 14.0. The second kappa shape index (κ2) is 12.3. The molecule has 0 fully saturated rings. The summed E-state index contributed by atoms with van der Waals surface area (Å²) < 4.78 is 1.48. The van der Waals surface area contributed by atoms with Crippen molar-refractivity contribution in [3.05, 3.63) is 80.9 Å². The number of allylic oxidation sites excluding steroid dienone is 1. The average Bonchev–Trinajstić information content (AvgIpc) is 3.25. The Morgan fingerprint density at radius 1 is 1.16 bits per heavy atom. The molecule has 0 spiro atoms. The van der Waals surface area contributed by atoms with Gasteiger partial charge in [-0.3, -0.25) is 14.9 Å². The van der Waals surface area contributed by atoms with Crippen molar-refractivity contribution >= 4 is 70.3 Å². The Balaban J connectivity index is 1.41. The number of nitrogens with one attached hydrogen (secondary N) is 1. The molecule has 0 aliphatic heterocycles. The predicted molar refractivity (Wildman–Crippen MR) is 130 cm³/mol. The number of carbonyl (C=O) groups excluding carboxylic acids is 1. The standard InChI is InChI=1S/C20H16ClN5O3S3/c21-16-9-3-1-7-15(16)12-30-19-24-25-20(32-19)31-13-18(27)23-22-11-5-8-14-6-2-4-10-17(14)26(28)29/h1-11H,12-13H2,(H,23,27)/b8-5-,22-11+. The maximum Gasteiger partial charge on any atom is 0.276 e. The van der Waals surface area contributed by atoms with E-state index in [1.54, 1.807) is 24.3 Å². The minimum absolute atomic E-state index is 0.000888. The number of amides is 1. The Labute approximate surface area is 201 Å². The van der Waals surface area contributed by atoms with Crippen LogP contribution < -0.4 is 5.43 Å². The number of nitro groups is 1. The summed E-state index contributed by atoms with van der Waals surface area (Å²) in [6.07, 6.45) is 4.42.